The van der Waals surface area contributed by atoms with E-state index in [9.17, 15) is 4.79 Å². The number of likely N-dealkylation sites (N-methyl/N-ethyl adjacent to an activating group) is 1. The second-order valence-electron chi connectivity index (χ2n) is 6.29. The monoisotopic (exact) mass is 414 g/mol. The summed E-state index contributed by atoms with van der Waals surface area (Å²) in [5.74, 6) is 0.204. The molecule has 1 aromatic heterocycles. The van der Waals surface area contributed by atoms with Crippen molar-refractivity contribution in [3.05, 3.63) is 70.6 Å². The first-order valence-corrected chi connectivity index (χ1v) is 9.35. The third kappa shape index (κ3) is 3.48. The van der Waals surface area contributed by atoms with Crippen LogP contribution in [0.1, 0.15) is 10.4 Å². The van der Waals surface area contributed by atoms with Crippen molar-refractivity contribution in [2.24, 2.45) is 0 Å². The second kappa shape index (κ2) is 7.66. The Bertz CT molecular complexity index is 1040. The van der Waals surface area contributed by atoms with Crippen LogP contribution in [0.15, 0.2) is 55.0 Å². The van der Waals surface area contributed by atoms with Crippen LogP contribution in [0.3, 0.4) is 0 Å². The van der Waals surface area contributed by atoms with Gasteiger partial charge in [-0.2, -0.15) is 0 Å². The Balaban J connectivity index is 1.70. The number of amides is 1. The number of hydrogen-bond donors (Lipinski definition) is 0. The predicted molar refractivity (Wildman–Crippen MR) is 110 cm³/mol. The largest absolute Gasteiger partial charge is 0.436 e. The molecule has 1 aliphatic rings. The van der Waals surface area contributed by atoms with Crippen molar-refractivity contribution in [3.8, 4) is 11.6 Å². The number of rotatable bonds is 3. The van der Waals surface area contributed by atoms with E-state index in [0.717, 1.165) is 11.4 Å². The molecule has 4 rings (SSSR count). The van der Waals surface area contributed by atoms with Gasteiger partial charge in [-0.15, -0.1) is 0 Å². The molecule has 0 saturated carbocycles. The van der Waals surface area contributed by atoms with E-state index >= 15 is 0 Å². The third-order valence-corrected chi connectivity index (χ3v) is 5.04. The van der Waals surface area contributed by atoms with E-state index in [1.807, 2.05) is 31.3 Å². The van der Waals surface area contributed by atoms with E-state index in [1.54, 1.807) is 23.1 Å². The first-order valence-electron chi connectivity index (χ1n) is 8.59. The molecule has 0 spiro atoms. The number of benzene rings is 2. The topological polar surface area (TPSA) is 58.6 Å². The molecule has 28 heavy (non-hydrogen) atoms. The van der Waals surface area contributed by atoms with Crippen molar-refractivity contribution in [3.63, 3.8) is 0 Å². The highest BCUT2D eigenvalue weighted by atomic mass is 35.5. The molecule has 2 aromatic carbocycles. The van der Waals surface area contributed by atoms with E-state index in [-0.39, 0.29) is 17.4 Å². The Morgan fingerprint density at radius 3 is 2.71 bits per heavy atom. The van der Waals surface area contributed by atoms with Gasteiger partial charge in [0, 0.05) is 37.4 Å². The maximum Gasteiger partial charge on any atom is 0.265 e. The van der Waals surface area contributed by atoms with Crippen LogP contribution in [-0.2, 0) is 0 Å². The molecule has 0 aliphatic carbocycles. The van der Waals surface area contributed by atoms with Gasteiger partial charge in [-0.25, -0.2) is 9.97 Å². The summed E-state index contributed by atoms with van der Waals surface area (Å²) in [6, 6.07) is 12.6. The first-order chi connectivity index (χ1) is 13.5. The second-order valence-corrected chi connectivity index (χ2v) is 7.13. The summed E-state index contributed by atoms with van der Waals surface area (Å²) >= 11 is 12.2. The first kappa shape index (κ1) is 18.5. The van der Waals surface area contributed by atoms with E-state index < -0.39 is 0 Å². The Morgan fingerprint density at radius 1 is 1.11 bits per heavy atom. The number of carbonyl (C=O) groups is 1. The fourth-order valence-corrected chi connectivity index (χ4v) is 3.39. The molecule has 0 bridgehead atoms. The lowest BCUT2D eigenvalue weighted by molar-refractivity contribution is 0.0983. The van der Waals surface area contributed by atoms with Crippen molar-refractivity contribution in [2.75, 3.05) is 29.9 Å². The van der Waals surface area contributed by atoms with Crippen LogP contribution in [0.5, 0.6) is 11.6 Å². The minimum absolute atomic E-state index is 0.126. The average Bonchev–Trinajstić information content (AvgIpc) is 2.71. The van der Waals surface area contributed by atoms with Gasteiger partial charge in [0.1, 0.15) is 17.6 Å². The van der Waals surface area contributed by atoms with Crippen molar-refractivity contribution in [1.82, 2.24) is 9.97 Å². The molecule has 6 nitrogen and oxygen atoms in total. The molecule has 0 fully saturated rings. The van der Waals surface area contributed by atoms with E-state index in [4.69, 9.17) is 27.9 Å². The summed E-state index contributed by atoms with van der Waals surface area (Å²) in [6.07, 6.45) is 2.77. The molecule has 0 atom stereocenters. The number of aromatic nitrogens is 2. The van der Waals surface area contributed by atoms with Gasteiger partial charge >= 0.3 is 0 Å². The summed E-state index contributed by atoms with van der Waals surface area (Å²) in [6.45, 7) is 1.26. The van der Waals surface area contributed by atoms with Crippen molar-refractivity contribution >= 4 is 40.5 Å². The number of fused-ring (bicyclic) bond motifs is 1. The molecule has 3 aromatic rings. The highest BCUT2D eigenvalue weighted by Crippen LogP contribution is 2.35. The molecule has 0 radical (unpaired) electrons. The normalized spacial score (nSPS) is 13.2. The van der Waals surface area contributed by atoms with Crippen LogP contribution in [0, 0.1) is 0 Å². The summed E-state index contributed by atoms with van der Waals surface area (Å²) < 4.78 is 5.82. The van der Waals surface area contributed by atoms with Crippen molar-refractivity contribution in [1.29, 1.82) is 0 Å². The number of halogens is 2. The van der Waals surface area contributed by atoms with Crippen LogP contribution < -0.4 is 14.5 Å². The van der Waals surface area contributed by atoms with Crippen LogP contribution >= 0.6 is 23.2 Å². The fourth-order valence-electron chi connectivity index (χ4n) is 3.07. The molecule has 142 valence electrons. The SMILES string of the molecule is CN1CCN(C(=O)c2cncnc2Oc2cc(Cl)ccc2Cl)c2ccccc21. The molecule has 2 heterocycles. The van der Waals surface area contributed by atoms with Crippen molar-refractivity contribution < 1.29 is 9.53 Å². The van der Waals surface area contributed by atoms with Gasteiger partial charge in [0.05, 0.1) is 16.4 Å². The molecule has 0 saturated heterocycles. The molecule has 0 N–H and O–H groups in total. The average molecular weight is 415 g/mol. The Kier molecular flexibility index (Phi) is 5.07. The van der Waals surface area contributed by atoms with Crippen LogP contribution in [0.4, 0.5) is 11.4 Å². The fraction of sp³-hybridized carbons (Fsp3) is 0.150. The van der Waals surface area contributed by atoms with Gasteiger partial charge in [-0.05, 0) is 24.3 Å². The van der Waals surface area contributed by atoms with Crippen LogP contribution in [0.25, 0.3) is 0 Å². The van der Waals surface area contributed by atoms with Gasteiger partial charge in [-0.3, -0.25) is 4.79 Å². The molecule has 0 unspecified atom stereocenters. The Labute approximate surface area is 172 Å². The third-order valence-electron chi connectivity index (χ3n) is 4.49. The van der Waals surface area contributed by atoms with E-state index in [1.165, 1.54) is 12.5 Å². The molecular formula is C20H16Cl2N4O2. The van der Waals surface area contributed by atoms with Gasteiger partial charge in [-0.1, -0.05) is 35.3 Å². The number of para-hydroxylation sites is 2. The molecule has 8 heteroatoms. The van der Waals surface area contributed by atoms with Crippen LogP contribution in [-0.4, -0.2) is 36.0 Å². The lowest BCUT2D eigenvalue weighted by Gasteiger charge is -2.35. The number of anilines is 2. The number of hydrogen-bond acceptors (Lipinski definition) is 5. The summed E-state index contributed by atoms with van der Waals surface area (Å²) in [4.78, 5) is 25.3. The summed E-state index contributed by atoms with van der Waals surface area (Å²) in [5, 5.41) is 0.834. The number of carbonyl (C=O) groups excluding carboxylic acids is 1. The van der Waals surface area contributed by atoms with Crippen LogP contribution in [0.2, 0.25) is 10.0 Å². The van der Waals surface area contributed by atoms with Gasteiger partial charge in [0.25, 0.3) is 5.91 Å². The maximum absolute atomic E-state index is 13.3. The maximum atomic E-state index is 13.3. The van der Waals surface area contributed by atoms with E-state index in [0.29, 0.717) is 28.9 Å². The van der Waals surface area contributed by atoms with Gasteiger partial charge in [0.15, 0.2) is 0 Å². The zero-order valence-corrected chi connectivity index (χ0v) is 16.5. The minimum Gasteiger partial charge on any atom is -0.436 e. The zero-order chi connectivity index (χ0) is 19.7. The number of nitrogens with zero attached hydrogens (tertiary/aromatic N) is 4. The Morgan fingerprint density at radius 2 is 1.89 bits per heavy atom. The molecule has 1 aliphatic heterocycles. The smallest absolute Gasteiger partial charge is 0.265 e. The lowest BCUT2D eigenvalue weighted by Crippen LogP contribution is -2.42. The highest BCUT2D eigenvalue weighted by Gasteiger charge is 2.28. The van der Waals surface area contributed by atoms with E-state index in [2.05, 4.69) is 14.9 Å². The lowest BCUT2D eigenvalue weighted by atomic mass is 10.1. The highest BCUT2D eigenvalue weighted by molar-refractivity contribution is 6.34. The molecule has 1 amide bonds. The standard InChI is InChI=1S/C20H16Cl2N4O2/c1-25-8-9-26(17-5-3-2-4-16(17)25)20(27)14-11-23-12-24-19(14)28-18-10-13(21)6-7-15(18)22/h2-7,10-12H,8-9H2,1H3. The zero-order valence-electron chi connectivity index (χ0n) is 15.0. The summed E-state index contributed by atoms with van der Waals surface area (Å²) in [7, 11) is 2.00. The quantitative estimate of drug-likeness (QED) is 0.622. The molecular weight excluding hydrogens is 399 g/mol. The Hall–Kier alpha value is -2.83. The number of ether oxygens (including phenoxy) is 1. The predicted octanol–water partition coefficient (Wildman–Crippen LogP) is 4.67. The van der Waals surface area contributed by atoms with Crippen molar-refractivity contribution in [2.45, 2.75) is 0 Å². The van der Waals surface area contributed by atoms with Gasteiger partial charge < -0.3 is 14.5 Å². The van der Waals surface area contributed by atoms with Gasteiger partial charge in [0.2, 0.25) is 5.88 Å². The minimum atomic E-state index is -0.241. The summed E-state index contributed by atoms with van der Waals surface area (Å²) in [5.41, 5.74) is 2.06.